The highest BCUT2D eigenvalue weighted by molar-refractivity contribution is 9.11. The predicted molar refractivity (Wildman–Crippen MR) is 96.1 cm³/mol. The highest BCUT2D eigenvalue weighted by Crippen LogP contribution is 2.37. The third kappa shape index (κ3) is 3.87. The normalized spacial score (nSPS) is 12.4. The Morgan fingerprint density at radius 3 is 2.77 bits per heavy atom. The maximum absolute atomic E-state index is 12.4. The van der Waals surface area contributed by atoms with Gasteiger partial charge in [0.15, 0.2) is 5.75 Å². The molecule has 1 atom stereocenters. The van der Waals surface area contributed by atoms with E-state index in [9.17, 15) is 4.79 Å². The van der Waals surface area contributed by atoms with Gasteiger partial charge in [-0.05, 0) is 40.9 Å². The third-order valence-electron chi connectivity index (χ3n) is 3.69. The van der Waals surface area contributed by atoms with Gasteiger partial charge in [0.1, 0.15) is 5.52 Å². The average molecular weight is 429 g/mol. The number of esters is 1. The molecular formula is C17H19Br2NO2. The number of rotatable bonds is 6. The van der Waals surface area contributed by atoms with Gasteiger partial charge >= 0.3 is 5.97 Å². The van der Waals surface area contributed by atoms with Crippen molar-refractivity contribution in [3.63, 3.8) is 0 Å². The van der Waals surface area contributed by atoms with Crippen LogP contribution < -0.4 is 4.74 Å². The molecule has 5 heteroatoms. The van der Waals surface area contributed by atoms with Gasteiger partial charge < -0.3 is 4.74 Å². The van der Waals surface area contributed by atoms with Crippen molar-refractivity contribution in [1.29, 1.82) is 0 Å². The van der Waals surface area contributed by atoms with Crippen LogP contribution in [0.4, 0.5) is 0 Å². The van der Waals surface area contributed by atoms with Gasteiger partial charge in [-0.1, -0.05) is 48.7 Å². The molecule has 0 fully saturated rings. The van der Waals surface area contributed by atoms with E-state index in [0.717, 1.165) is 40.0 Å². The highest BCUT2D eigenvalue weighted by atomic mass is 79.9. The Kier molecular flexibility index (Phi) is 6.38. The molecule has 0 aliphatic heterocycles. The Hall–Kier alpha value is -0.940. The van der Waals surface area contributed by atoms with Gasteiger partial charge in [0.05, 0.1) is 10.4 Å². The molecule has 0 spiro atoms. The lowest BCUT2D eigenvalue weighted by Crippen LogP contribution is -2.20. The molecule has 118 valence electrons. The van der Waals surface area contributed by atoms with Crippen molar-refractivity contribution >= 4 is 48.7 Å². The molecule has 0 amide bonds. The van der Waals surface area contributed by atoms with Gasteiger partial charge in [0.2, 0.25) is 0 Å². The minimum Gasteiger partial charge on any atom is -0.423 e. The maximum Gasteiger partial charge on any atom is 0.314 e. The van der Waals surface area contributed by atoms with Crippen LogP contribution in [0, 0.1) is 5.92 Å². The molecular weight excluding hydrogens is 410 g/mol. The van der Waals surface area contributed by atoms with Crippen molar-refractivity contribution in [2.24, 2.45) is 5.92 Å². The van der Waals surface area contributed by atoms with Crippen LogP contribution in [0.5, 0.6) is 5.75 Å². The fraction of sp³-hybridized carbons (Fsp3) is 0.412. The maximum atomic E-state index is 12.4. The predicted octanol–water partition coefficient (Wildman–Crippen LogP) is 5.88. The first-order chi connectivity index (χ1) is 10.6. The van der Waals surface area contributed by atoms with Crippen molar-refractivity contribution < 1.29 is 9.53 Å². The highest BCUT2D eigenvalue weighted by Gasteiger charge is 2.21. The molecule has 3 nitrogen and oxygen atoms in total. The molecule has 22 heavy (non-hydrogen) atoms. The smallest absolute Gasteiger partial charge is 0.314 e. The lowest BCUT2D eigenvalue weighted by atomic mass is 10.00. The van der Waals surface area contributed by atoms with Crippen molar-refractivity contribution in [2.45, 2.75) is 39.5 Å². The van der Waals surface area contributed by atoms with Gasteiger partial charge in [-0.25, -0.2) is 0 Å². The summed E-state index contributed by atoms with van der Waals surface area (Å²) >= 11 is 6.99. The molecule has 1 aromatic heterocycles. The molecule has 0 aliphatic carbocycles. The Bertz CT molecular complexity index is 673. The van der Waals surface area contributed by atoms with Crippen LogP contribution in [0.25, 0.3) is 10.9 Å². The van der Waals surface area contributed by atoms with E-state index < -0.39 is 0 Å². The standard InChI is InChI=1S/C17H19Br2NO2/c1-3-5-7-11(4-2)17(21)22-16-14(19)10-13(18)12-8-6-9-20-15(12)16/h6,8-11H,3-5,7H2,1-2H3/t11-/m1/s1. The zero-order chi connectivity index (χ0) is 16.1. The molecule has 1 heterocycles. The van der Waals surface area contributed by atoms with Crippen LogP contribution in [-0.2, 0) is 4.79 Å². The Morgan fingerprint density at radius 2 is 2.09 bits per heavy atom. The topological polar surface area (TPSA) is 39.2 Å². The van der Waals surface area contributed by atoms with Crippen LogP contribution in [0.15, 0.2) is 33.3 Å². The first kappa shape index (κ1) is 17.4. The molecule has 0 bridgehead atoms. The summed E-state index contributed by atoms with van der Waals surface area (Å²) in [5.74, 6) is 0.263. The number of hydrogen-bond acceptors (Lipinski definition) is 3. The van der Waals surface area contributed by atoms with E-state index in [-0.39, 0.29) is 11.9 Å². The Balaban J connectivity index is 2.33. The van der Waals surface area contributed by atoms with E-state index in [2.05, 4.69) is 43.8 Å². The van der Waals surface area contributed by atoms with Gasteiger partial charge in [-0.15, -0.1) is 0 Å². The molecule has 0 unspecified atom stereocenters. The number of nitrogens with zero attached hydrogens (tertiary/aromatic N) is 1. The van der Waals surface area contributed by atoms with E-state index in [1.54, 1.807) is 6.20 Å². The number of unbranched alkanes of at least 4 members (excludes halogenated alkanes) is 1. The SMILES string of the molecule is CCCC[C@@H](CC)C(=O)Oc1c(Br)cc(Br)c2cccnc12. The molecule has 0 aliphatic rings. The molecule has 0 saturated carbocycles. The monoisotopic (exact) mass is 427 g/mol. The van der Waals surface area contributed by atoms with E-state index in [1.807, 2.05) is 25.1 Å². The Labute approximate surface area is 147 Å². The summed E-state index contributed by atoms with van der Waals surface area (Å²) in [5, 5.41) is 0.926. The zero-order valence-corrected chi connectivity index (χ0v) is 15.9. The number of benzene rings is 1. The summed E-state index contributed by atoms with van der Waals surface area (Å²) in [4.78, 5) is 16.8. The minimum atomic E-state index is -0.175. The summed E-state index contributed by atoms with van der Waals surface area (Å²) in [6.45, 7) is 4.15. The van der Waals surface area contributed by atoms with E-state index >= 15 is 0 Å². The largest absolute Gasteiger partial charge is 0.423 e. The molecule has 0 N–H and O–H groups in total. The fourth-order valence-electron chi connectivity index (χ4n) is 2.37. The van der Waals surface area contributed by atoms with Crippen molar-refractivity contribution in [1.82, 2.24) is 4.98 Å². The molecule has 0 saturated heterocycles. The van der Waals surface area contributed by atoms with Gasteiger partial charge in [-0.3, -0.25) is 9.78 Å². The first-order valence-corrected chi connectivity index (χ1v) is 9.11. The second-order valence-electron chi connectivity index (χ2n) is 5.24. The Morgan fingerprint density at radius 1 is 1.32 bits per heavy atom. The number of carbonyl (C=O) groups excluding carboxylic acids is 1. The first-order valence-electron chi connectivity index (χ1n) is 7.52. The average Bonchev–Trinajstić information content (AvgIpc) is 2.52. The molecule has 2 rings (SSSR count). The quantitative estimate of drug-likeness (QED) is 0.425. The minimum absolute atomic E-state index is 0.0609. The second-order valence-corrected chi connectivity index (χ2v) is 6.95. The van der Waals surface area contributed by atoms with Crippen LogP contribution >= 0.6 is 31.9 Å². The summed E-state index contributed by atoms with van der Waals surface area (Å²) in [6, 6.07) is 5.70. The van der Waals surface area contributed by atoms with E-state index in [0.29, 0.717) is 11.3 Å². The lowest BCUT2D eigenvalue weighted by Gasteiger charge is -2.15. The summed E-state index contributed by atoms with van der Waals surface area (Å²) in [7, 11) is 0. The van der Waals surface area contributed by atoms with Crippen molar-refractivity contribution in [3.05, 3.63) is 33.3 Å². The van der Waals surface area contributed by atoms with Crippen molar-refractivity contribution in [3.8, 4) is 5.75 Å². The van der Waals surface area contributed by atoms with Crippen LogP contribution in [0.2, 0.25) is 0 Å². The zero-order valence-electron chi connectivity index (χ0n) is 12.7. The number of pyridine rings is 1. The fourth-order valence-corrected chi connectivity index (χ4v) is 3.72. The number of hydrogen-bond donors (Lipinski definition) is 0. The van der Waals surface area contributed by atoms with Crippen LogP contribution in [0.1, 0.15) is 39.5 Å². The number of carbonyl (C=O) groups is 1. The number of fused-ring (bicyclic) bond motifs is 1. The van der Waals surface area contributed by atoms with Crippen molar-refractivity contribution in [2.75, 3.05) is 0 Å². The second kappa shape index (κ2) is 8.06. The molecule has 1 aromatic carbocycles. The van der Waals surface area contributed by atoms with Crippen LogP contribution in [-0.4, -0.2) is 11.0 Å². The van der Waals surface area contributed by atoms with E-state index in [4.69, 9.17) is 4.74 Å². The molecule has 0 radical (unpaired) electrons. The number of halogens is 2. The summed E-state index contributed by atoms with van der Waals surface area (Å²) in [6.07, 6.45) is 5.47. The number of ether oxygens (including phenoxy) is 1. The number of aromatic nitrogens is 1. The summed E-state index contributed by atoms with van der Waals surface area (Å²) in [5.41, 5.74) is 0.683. The van der Waals surface area contributed by atoms with Crippen LogP contribution in [0.3, 0.4) is 0 Å². The lowest BCUT2D eigenvalue weighted by molar-refractivity contribution is -0.139. The third-order valence-corrected chi connectivity index (χ3v) is 4.93. The van der Waals surface area contributed by atoms with Gasteiger partial charge in [-0.2, -0.15) is 0 Å². The van der Waals surface area contributed by atoms with Gasteiger partial charge in [0, 0.05) is 16.1 Å². The van der Waals surface area contributed by atoms with Gasteiger partial charge in [0.25, 0.3) is 0 Å². The van der Waals surface area contributed by atoms with E-state index in [1.165, 1.54) is 0 Å². The molecule has 2 aromatic rings. The summed E-state index contributed by atoms with van der Waals surface area (Å²) < 4.78 is 7.34.